The molecule has 0 amide bonds. The van der Waals surface area contributed by atoms with Crippen molar-refractivity contribution in [1.29, 1.82) is 0 Å². The van der Waals surface area contributed by atoms with E-state index in [1.54, 1.807) is 25.5 Å². The van der Waals surface area contributed by atoms with Gasteiger partial charge in [0.1, 0.15) is 12.4 Å². The van der Waals surface area contributed by atoms with Crippen LogP contribution in [0.5, 0.6) is 0 Å². The molecular formula is C19H32IN7OS. The lowest BCUT2D eigenvalue weighted by Crippen LogP contribution is -2.47. The lowest BCUT2D eigenvalue weighted by Gasteiger charge is -2.25. The number of hydrogen-bond acceptors (Lipinski definition) is 6. The molecule has 3 heterocycles. The molecule has 2 aromatic rings. The highest BCUT2D eigenvalue weighted by molar-refractivity contribution is 14.0. The molecule has 8 nitrogen and oxygen atoms in total. The van der Waals surface area contributed by atoms with Gasteiger partial charge >= 0.3 is 0 Å². The Morgan fingerprint density at radius 1 is 1.38 bits per heavy atom. The van der Waals surface area contributed by atoms with Gasteiger partial charge < -0.3 is 15.4 Å². The van der Waals surface area contributed by atoms with Crippen molar-refractivity contribution in [2.75, 3.05) is 20.7 Å². The van der Waals surface area contributed by atoms with Crippen LogP contribution in [0.3, 0.4) is 0 Å². The van der Waals surface area contributed by atoms with Crippen LogP contribution in [-0.2, 0) is 36.1 Å². The zero-order valence-corrected chi connectivity index (χ0v) is 21.0. The summed E-state index contributed by atoms with van der Waals surface area (Å²) in [5, 5.41) is 14.8. The maximum absolute atomic E-state index is 5.13. The Bertz CT molecular complexity index is 812. The summed E-state index contributed by atoms with van der Waals surface area (Å²) in [6, 6.07) is 0.281. The lowest BCUT2D eigenvalue weighted by atomic mass is 9.93. The van der Waals surface area contributed by atoms with Crippen molar-refractivity contribution in [2.45, 2.75) is 64.6 Å². The molecule has 1 aliphatic heterocycles. The number of thiazole rings is 1. The SMILES string of the molecule is CN=C(NCCc1nc(C(C)(C)C)cs1)NC1CCc2nc(COC)nn2C1.I. The third kappa shape index (κ3) is 6.61. The van der Waals surface area contributed by atoms with Gasteiger partial charge in [0.15, 0.2) is 11.8 Å². The zero-order valence-electron chi connectivity index (χ0n) is 17.9. The van der Waals surface area contributed by atoms with E-state index in [1.165, 1.54) is 0 Å². The van der Waals surface area contributed by atoms with Crippen LogP contribution in [0.25, 0.3) is 0 Å². The van der Waals surface area contributed by atoms with E-state index in [-0.39, 0.29) is 35.4 Å². The molecule has 0 aliphatic carbocycles. The van der Waals surface area contributed by atoms with Crippen LogP contribution in [0.4, 0.5) is 0 Å². The molecule has 0 saturated heterocycles. The van der Waals surface area contributed by atoms with E-state index in [1.807, 2.05) is 4.68 Å². The average Bonchev–Trinajstić information content (AvgIpc) is 3.27. The Morgan fingerprint density at radius 2 is 2.17 bits per heavy atom. The smallest absolute Gasteiger partial charge is 0.191 e. The highest BCUT2D eigenvalue weighted by atomic mass is 127. The number of aryl methyl sites for hydroxylation is 1. The van der Waals surface area contributed by atoms with Gasteiger partial charge in [0, 0.05) is 50.4 Å². The minimum Gasteiger partial charge on any atom is -0.377 e. The predicted octanol–water partition coefficient (Wildman–Crippen LogP) is 2.52. The molecule has 3 rings (SSSR count). The van der Waals surface area contributed by atoms with Gasteiger partial charge in [-0.2, -0.15) is 5.10 Å². The first-order valence-electron chi connectivity index (χ1n) is 9.72. The molecular weight excluding hydrogens is 501 g/mol. The van der Waals surface area contributed by atoms with Crippen LogP contribution in [0, 0.1) is 0 Å². The van der Waals surface area contributed by atoms with Crippen molar-refractivity contribution in [3.63, 3.8) is 0 Å². The summed E-state index contributed by atoms with van der Waals surface area (Å²) < 4.78 is 7.11. The highest BCUT2D eigenvalue weighted by Crippen LogP contribution is 2.23. The van der Waals surface area contributed by atoms with Gasteiger partial charge in [-0.3, -0.25) is 4.99 Å². The minimum atomic E-state index is 0. The third-order valence-corrected chi connectivity index (χ3v) is 5.60. The number of aromatic nitrogens is 4. The molecule has 0 bridgehead atoms. The van der Waals surface area contributed by atoms with Gasteiger partial charge in [-0.1, -0.05) is 20.8 Å². The molecule has 0 spiro atoms. The number of nitrogens with one attached hydrogen (secondary N) is 2. The normalized spacial score (nSPS) is 16.9. The number of hydrogen-bond donors (Lipinski definition) is 2. The van der Waals surface area contributed by atoms with E-state index in [0.29, 0.717) is 6.61 Å². The van der Waals surface area contributed by atoms with Crippen LogP contribution in [0.1, 0.15) is 49.5 Å². The van der Waals surface area contributed by atoms with E-state index < -0.39 is 0 Å². The molecule has 2 aromatic heterocycles. The molecule has 0 fully saturated rings. The summed E-state index contributed by atoms with van der Waals surface area (Å²) in [4.78, 5) is 13.6. The second-order valence-electron chi connectivity index (χ2n) is 8.06. The summed E-state index contributed by atoms with van der Waals surface area (Å²) in [6.45, 7) is 8.62. The second-order valence-corrected chi connectivity index (χ2v) is 9.01. The fourth-order valence-corrected chi connectivity index (χ4v) is 4.14. The quantitative estimate of drug-likeness (QED) is 0.337. The van der Waals surface area contributed by atoms with Gasteiger partial charge in [-0.15, -0.1) is 35.3 Å². The van der Waals surface area contributed by atoms with Gasteiger partial charge in [0.2, 0.25) is 0 Å². The van der Waals surface area contributed by atoms with Gasteiger partial charge in [-0.05, 0) is 6.42 Å². The maximum Gasteiger partial charge on any atom is 0.191 e. The Labute approximate surface area is 194 Å². The Morgan fingerprint density at radius 3 is 2.83 bits per heavy atom. The summed E-state index contributed by atoms with van der Waals surface area (Å²) in [5.41, 5.74) is 1.26. The molecule has 10 heteroatoms. The van der Waals surface area contributed by atoms with E-state index in [2.05, 4.69) is 51.9 Å². The predicted molar refractivity (Wildman–Crippen MR) is 127 cm³/mol. The molecule has 0 saturated carbocycles. The average molecular weight is 533 g/mol. The van der Waals surface area contributed by atoms with Crippen LogP contribution in [0.2, 0.25) is 0 Å². The molecule has 1 aliphatic rings. The number of rotatable bonds is 6. The first-order valence-corrected chi connectivity index (χ1v) is 10.6. The van der Waals surface area contributed by atoms with E-state index in [0.717, 1.165) is 60.7 Å². The van der Waals surface area contributed by atoms with Crippen molar-refractivity contribution in [1.82, 2.24) is 30.4 Å². The van der Waals surface area contributed by atoms with Gasteiger partial charge in [0.05, 0.1) is 17.2 Å². The van der Waals surface area contributed by atoms with Crippen molar-refractivity contribution < 1.29 is 4.74 Å². The van der Waals surface area contributed by atoms with Crippen molar-refractivity contribution >= 4 is 41.3 Å². The molecule has 1 atom stereocenters. The van der Waals surface area contributed by atoms with Gasteiger partial charge in [-0.25, -0.2) is 14.6 Å². The number of halogens is 1. The standard InChI is InChI=1S/C19H31N7OS.HI/c1-19(2,3)14-12-28-17(23-14)8-9-21-18(20-4)22-13-6-7-16-24-15(11-27-5)25-26(16)10-13;/h12-13H,6-11H2,1-5H3,(H2,20,21,22);1H. The fraction of sp³-hybridized carbons (Fsp3) is 0.684. The molecule has 2 N–H and O–H groups in total. The molecule has 29 heavy (non-hydrogen) atoms. The Kier molecular flexibility index (Phi) is 8.83. The lowest BCUT2D eigenvalue weighted by molar-refractivity contribution is 0.177. The first kappa shape index (κ1) is 24.0. The summed E-state index contributed by atoms with van der Waals surface area (Å²) in [6.07, 6.45) is 2.80. The monoisotopic (exact) mass is 533 g/mol. The Balaban J connectivity index is 0.00000300. The van der Waals surface area contributed by atoms with Crippen LogP contribution >= 0.6 is 35.3 Å². The number of methoxy groups -OCH3 is 1. The third-order valence-electron chi connectivity index (χ3n) is 4.69. The van der Waals surface area contributed by atoms with E-state index in [9.17, 15) is 0 Å². The van der Waals surface area contributed by atoms with Crippen molar-refractivity contribution in [3.8, 4) is 0 Å². The number of aliphatic imine (C=N–C) groups is 1. The van der Waals surface area contributed by atoms with E-state index in [4.69, 9.17) is 9.72 Å². The first-order chi connectivity index (χ1) is 13.4. The largest absolute Gasteiger partial charge is 0.377 e. The number of guanidine groups is 1. The minimum absolute atomic E-state index is 0. The fourth-order valence-electron chi connectivity index (χ4n) is 3.11. The second kappa shape index (κ2) is 10.7. The molecule has 0 aromatic carbocycles. The number of ether oxygens (including phenoxy) is 1. The van der Waals surface area contributed by atoms with E-state index >= 15 is 0 Å². The van der Waals surface area contributed by atoms with Gasteiger partial charge in [0.25, 0.3) is 0 Å². The molecule has 0 radical (unpaired) electrons. The topological polar surface area (TPSA) is 89.2 Å². The van der Waals surface area contributed by atoms with Crippen LogP contribution in [0.15, 0.2) is 10.4 Å². The van der Waals surface area contributed by atoms with Crippen LogP contribution in [-0.4, -0.2) is 52.5 Å². The number of nitrogens with zero attached hydrogens (tertiary/aromatic N) is 5. The Hall–Kier alpha value is -1.27. The maximum atomic E-state index is 5.13. The molecule has 1 unspecified atom stereocenters. The summed E-state index contributed by atoms with van der Waals surface area (Å²) in [5.74, 6) is 2.60. The summed E-state index contributed by atoms with van der Waals surface area (Å²) >= 11 is 1.73. The van der Waals surface area contributed by atoms with Crippen molar-refractivity contribution in [3.05, 3.63) is 27.7 Å². The zero-order chi connectivity index (χ0) is 20.1. The van der Waals surface area contributed by atoms with Crippen LogP contribution < -0.4 is 10.6 Å². The summed E-state index contributed by atoms with van der Waals surface area (Å²) in [7, 11) is 3.46. The van der Waals surface area contributed by atoms with Crippen molar-refractivity contribution in [2.24, 2.45) is 4.99 Å². The number of fused-ring (bicyclic) bond motifs is 1. The highest BCUT2D eigenvalue weighted by Gasteiger charge is 2.22. The molecule has 162 valence electrons.